The normalized spacial score (nSPS) is 19.8. The van der Waals surface area contributed by atoms with Crippen LogP contribution >= 0.6 is 0 Å². The number of halogens is 4. The van der Waals surface area contributed by atoms with E-state index >= 15 is 0 Å². The van der Waals surface area contributed by atoms with Gasteiger partial charge in [0.25, 0.3) is 17.4 Å². The summed E-state index contributed by atoms with van der Waals surface area (Å²) < 4.78 is 57.1. The number of aryl methyl sites for hydroxylation is 1. The highest BCUT2D eigenvalue weighted by Crippen LogP contribution is 2.50. The minimum Gasteiger partial charge on any atom is -0.368 e. The average molecular weight is 781 g/mol. The van der Waals surface area contributed by atoms with Crippen LogP contribution in [0.5, 0.6) is 0 Å². The van der Waals surface area contributed by atoms with Crippen LogP contribution in [0.25, 0.3) is 16.7 Å². The Kier molecular flexibility index (Phi) is 10.9. The summed E-state index contributed by atoms with van der Waals surface area (Å²) in [6.07, 6.45) is 0.506. The summed E-state index contributed by atoms with van der Waals surface area (Å²) in [4.78, 5) is 34.7. The molecule has 4 heterocycles. The molecule has 0 saturated carbocycles. The molecule has 3 aliphatic heterocycles. The van der Waals surface area contributed by atoms with Crippen LogP contribution in [0.2, 0.25) is 0 Å². The zero-order valence-corrected chi connectivity index (χ0v) is 31.5. The number of carbonyl (C=O) groups excluding carboxylic acids is 2. The molecule has 2 unspecified atom stereocenters. The number of rotatable bonds is 7. The number of likely N-dealkylation sites (N-methyl/N-ethyl adjacent to an activating group) is 1. The van der Waals surface area contributed by atoms with Gasteiger partial charge in [-0.1, -0.05) is 86.3 Å². The van der Waals surface area contributed by atoms with Gasteiger partial charge in [-0.3, -0.25) is 24.2 Å². The molecule has 4 aromatic carbocycles. The van der Waals surface area contributed by atoms with Crippen molar-refractivity contribution >= 4 is 34.5 Å². The van der Waals surface area contributed by atoms with Crippen molar-refractivity contribution in [1.29, 1.82) is 0 Å². The van der Waals surface area contributed by atoms with Gasteiger partial charge in [0, 0.05) is 52.5 Å². The first kappa shape index (κ1) is 40.7. The summed E-state index contributed by atoms with van der Waals surface area (Å²) >= 11 is 0. The second kappa shape index (κ2) is 15.2. The Balaban J connectivity index is 0.000000190. The predicted octanol–water partition coefficient (Wildman–Crippen LogP) is 8.03. The molecule has 2 atom stereocenters. The van der Waals surface area contributed by atoms with E-state index in [-0.39, 0.29) is 24.6 Å². The Labute approximate surface area is 329 Å². The molecule has 13 heteroatoms. The number of anilines is 2. The van der Waals surface area contributed by atoms with E-state index in [9.17, 15) is 32.3 Å². The number of amides is 2. The lowest BCUT2D eigenvalue weighted by Gasteiger charge is -2.31. The number of benzene rings is 4. The number of aromatic nitrogens is 2. The molecule has 2 amide bonds. The first-order chi connectivity index (χ1) is 26.5. The molecule has 0 spiro atoms. The second-order valence-corrected chi connectivity index (χ2v) is 14.4. The zero-order valence-electron chi connectivity index (χ0n) is 31.5. The van der Waals surface area contributed by atoms with Crippen LogP contribution in [0.15, 0.2) is 114 Å². The van der Waals surface area contributed by atoms with Crippen LogP contribution in [0.4, 0.5) is 28.9 Å². The average Bonchev–Trinajstić information content (AvgIpc) is 3.92. The van der Waals surface area contributed by atoms with E-state index < -0.39 is 41.1 Å². The van der Waals surface area contributed by atoms with Crippen molar-refractivity contribution in [2.75, 3.05) is 30.4 Å². The van der Waals surface area contributed by atoms with Gasteiger partial charge in [0.05, 0.1) is 31.5 Å². The van der Waals surface area contributed by atoms with Gasteiger partial charge in [0.1, 0.15) is 11.4 Å². The van der Waals surface area contributed by atoms with Crippen LogP contribution in [0.3, 0.4) is 0 Å². The summed E-state index contributed by atoms with van der Waals surface area (Å²) in [7, 11) is 5.83. The lowest BCUT2D eigenvalue weighted by molar-refractivity contribution is -0.253. The molecule has 0 aliphatic carbocycles. The molecule has 9 nitrogen and oxygen atoms in total. The van der Waals surface area contributed by atoms with Crippen molar-refractivity contribution in [3.63, 3.8) is 0 Å². The Morgan fingerprint density at radius 3 is 1.98 bits per heavy atom. The third kappa shape index (κ3) is 6.95. The van der Waals surface area contributed by atoms with E-state index in [0.717, 1.165) is 50.2 Å². The third-order valence-electron chi connectivity index (χ3n) is 10.9. The van der Waals surface area contributed by atoms with E-state index in [1.165, 1.54) is 30.3 Å². The fourth-order valence-electron chi connectivity index (χ4n) is 7.47. The summed E-state index contributed by atoms with van der Waals surface area (Å²) in [5, 5.41) is 14.5. The van der Waals surface area contributed by atoms with E-state index in [1.807, 2.05) is 81.5 Å². The molecule has 0 saturated heterocycles. The van der Waals surface area contributed by atoms with Gasteiger partial charge in [-0.15, -0.1) is 0 Å². The van der Waals surface area contributed by atoms with Gasteiger partial charge in [-0.2, -0.15) is 18.3 Å². The minimum absolute atomic E-state index is 0. The maximum atomic E-state index is 14.7. The number of carbonyl (C=O) groups is 2. The molecule has 0 fully saturated rings. The van der Waals surface area contributed by atoms with Crippen molar-refractivity contribution in [3.8, 4) is 11.1 Å². The van der Waals surface area contributed by atoms with Crippen molar-refractivity contribution in [3.05, 3.63) is 143 Å². The van der Waals surface area contributed by atoms with Gasteiger partial charge in [-0.05, 0) is 62.8 Å². The molecule has 1 aromatic heterocycles. The van der Waals surface area contributed by atoms with Crippen molar-refractivity contribution in [2.45, 2.75) is 51.7 Å². The molecule has 0 bridgehead atoms. The molecular formula is C44H44F4N6O3. The number of aliphatic hydroxyl groups is 1. The number of aliphatic imine (C=N–C) groups is 1. The highest BCUT2D eigenvalue weighted by Gasteiger charge is 2.66. The summed E-state index contributed by atoms with van der Waals surface area (Å²) in [6.45, 7) is 4.45. The van der Waals surface area contributed by atoms with Crippen LogP contribution in [-0.2, 0) is 40.9 Å². The van der Waals surface area contributed by atoms with Gasteiger partial charge >= 0.3 is 6.18 Å². The largest absolute Gasteiger partial charge is 0.430 e. The fourth-order valence-corrected chi connectivity index (χ4v) is 7.47. The smallest absolute Gasteiger partial charge is 0.368 e. The number of allylic oxidation sites excluding steroid dienone is 1. The number of nitrogens with zero attached hydrogens (tertiary/aromatic N) is 6. The fraction of sp³-hybridized carbons (Fsp3) is 0.273. The highest BCUT2D eigenvalue weighted by atomic mass is 19.4. The van der Waals surface area contributed by atoms with E-state index in [0.29, 0.717) is 18.7 Å². The van der Waals surface area contributed by atoms with Gasteiger partial charge < -0.3 is 14.9 Å². The van der Waals surface area contributed by atoms with Gasteiger partial charge in [0.15, 0.2) is 0 Å². The number of hydrogen-bond donors (Lipinski definition) is 1. The molecule has 5 aromatic rings. The quantitative estimate of drug-likeness (QED) is 0.169. The Morgan fingerprint density at radius 2 is 1.42 bits per heavy atom. The molecule has 57 heavy (non-hydrogen) atoms. The summed E-state index contributed by atoms with van der Waals surface area (Å²) in [6, 6.07) is 25.9. The SMILES string of the molecule is C.CC1=NCC=C1c1ccc(CN2C(=O)C(O)(C(F)(F)F)c3ccccc32)c(F)c1.CN(C)C1(C)C(=O)N(Cc2ccc(-c3cnn(C)c3)cc2)c2ccccc21. The molecule has 296 valence electrons. The van der Waals surface area contributed by atoms with Crippen molar-refractivity contribution < 1.29 is 32.3 Å². The number of para-hydroxylation sites is 2. The molecule has 3 aliphatic rings. The maximum Gasteiger partial charge on any atom is 0.430 e. The summed E-state index contributed by atoms with van der Waals surface area (Å²) in [5.74, 6) is -2.09. The molecule has 0 radical (unpaired) electrons. The van der Waals surface area contributed by atoms with Crippen LogP contribution in [-0.4, -0.2) is 64.1 Å². The third-order valence-corrected chi connectivity index (χ3v) is 10.9. The lowest BCUT2D eigenvalue weighted by Crippen LogP contribution is -2.50. The second-order valence-electron chi connectivity index (χ2n) is 14.4. The highest BCUT2D eigenvalue weighted by molar-refractivity contribution is 6.24. The van der Waals surface area contributed by atoms with Crippen LogP contribution in [0, 0.1) is 5.82 Å². The van der Waals surface area contributed by atoms with E-state index in [2.05, 4.69) is 40.4 Å². The summed E-state index contributed by atoms with van der Waals surface area (Å²) in [5.41, 5.74) is 2.65. The topological polar surface area (TPSA) is 94.3 Å². The number of fused-ring (bicyclic) bond motifs is 2. The number of alkyl halides is 3. The van der Waals surface area contributed by atoms with Crippen LogP contribution < -0.4 is 9.80 Å². The van der Waals surface area contributed by atoms with Gasteiger partial charge in [-0.25, -0.2) is 4.39 Å². The standard InChI is InChI=1S/C22H24N4O.C21H16F4N2O2.CH4/c1-22(24(2)3)19-7-5-6-8-20(19)26(21(22)27)14-16-9-11-17(12-10-16)18-13-23-25(4)15-18;1-12-15(8-9-26-12)13-6-7-14(17(22)10-13)11-27-18-5-3-2-4-16(18)20(29,19(27)28)21(23,24)25;/h5-13,15H,14H2,1-4H3;2-8,10,29H,9,11H2,1H3;1H4. The van der Waals surface area contributed by atoms with Crippen molar-refractivity contribution in [2.24, 2.45) is 12.0 Å². The zero-order chi connectivity index (χ0) is 40.2. The van der Waals surface area contributed by atoms with Crippen LogP contribution in [0.1, 0.15) is 49.1 Å². The molecule has 1 N–H and O–H groups in total. The lowest BCUT2D eigenvalue weighted by atomic mass is 9.92. The van der Waals surface area contributed by atoms with Crippen molar-refractivity contribution in [1.82, 2.24) is 14.7 Å². The Bertz CT molecular complexity index is 2400. The predicted molar refractivity (Wildman–Crippen MR) is 214 cm³/mol. The van der Waals surface area contributed by atoms with E-state index in [1.54, 1.807) is 10.7 Å². The molecule has 8 rings (SSSR count). The Hall–Kier alpha value is -5.92. The first-order valence-electron chi connectivity index (χ1n) is 17.9. The van der Waals surface area contributed by atoms with Gasteiger partial charge in [0.2, 0.25) is 0 Å². The maximum absolute atomic E-state index is 14.7. The Morgan fingerprint density at radius 1 is 0.825 bits per heavy atom. The monoisotopic (exact) mass is 780 g/mol. The first-order valence-corrected chi connectivity index (χ1v) is 17.9. The van der Waals surface area contributed by atoms with E-state index in [4.69, 9.17) is 0 Å². The number of hydrogen-bond acceptors (Lipinski definition) is 6. The minimum atomic E-state index is -5.21. The molecular weight excluding hydrogens is 737 g/mol.